The molecule has 0 radical (unpaired) electrons. The molecule has 92 valence electrons. The third kappa shape index (κ3) is 1.98. The summed E-state index contributed by atoms with van der Waals surface area (Å²) in [6.07, 6.45) is 5.55. The molecule has 0 unspecified atom stereocenters. The van der Waals surface area contributed by atoms with Crippen molar-refractivity contribution in [3.8, 4) is 5.82 Å². The number of hydrogen-bond acceptors (Lipinski definition) is 3. The summed E-state index contributed by atoms with van der Waals surface area (Å²) in [5.74, 6) is 2.13. The van der Waals surface area contributed by atoms with Crippen LogP contribution < -0.4 is 5.73 Å². The molecule has 5 nitrogen and oxygen atoms in total. The third-order valence-electron chi connectivity index (χ3n) is 2.97. The van der Waals surface area contributed by atoms with Gasteiger partial charge in [-0.05, 0) is 19.9 Å². The van der Waals surface area contributed by atoms with Crippen molar-refractivity contribution in [2.45, 2.75) is 26.7 Å². The summed E-state index contributed by atoms with van der Waals surface area (Å²) in [5, 5.41) is 4.47. The second kappa shape index (κ2) is 4.71. The summed E-state index contributed by atoms with van der Waals surface area (Å²) in [5.41, 5.74) is 7.93. The van der Waals surface area contributed by atoms with E-state index in [1.807, 2.05) is 31.0 Å². The van der Waals surface area contributed by atoms with Crippen LogP contribution in [0.2, 0.25) is 0 Å². The molecular formula is C12H19N5. The Kier molecular flexibility index (Phi) is 3.28. The standard InChI is InChI=1S/C12H19N5/c1-4-11-14-7-8-17(11)12-10(5-6-13)9(2)15-16(12)3/h7-8H,4-6,13H2,1-3H3. The lowest BCUT2D eigenvalue weighted by Crippen LogP contribution is -2.10. The smallest absolute Gasteiger partial charge is 0.139 e. The van der Waals surface area contributed by atoms with E-state index in [1.165, 1.54) is 5.56 Å². The van der Waals surface area contributed by atoms with Crippen molar-refractivity contribution in [2.24, 2.45) is 12.8 Å². The number of aromatic nitrogens is 4. The van der Waals surface area contributed by atoms with Crippen LogP contribution >= 0.6 is 0 Å². The lowest BCUT2D eigenvalue weighted by atomic mass is 10.1. The predicted molar refractivity (Wildman–Crippen MR) is 67.2 cm³/mol. The van der Waals surface area contributed by atoms with E-state index >= 15 is 0 Å². The highest BCUT2D eigenvalue weighted by molar-refractivity contribution is 5.39. The Balaban J connectivity index is 2.58. The van der Waals surface area contributed by atoms with E-state index in [2.05, 4.69) is 21.6 Å². The molecule has 0 amide bonds. The van der Waals surface area contributed by atoms with Gasteiger partial charge in [-0.15, -0.1) is 0 Å². The number of nitrogens with zero attached hydrogens (tertiary/aromatic N) is 4. The van der Waals surface area contributed by atoms with Crippen LogP contribution in [-0.4, -0.2) is 25.9 Å². The summed E-state index contributed by atoms with van der Waals surface area (Å²) in [6, 6.07) is 0. The van der Waals surface area contributed by atoms with E-state index in [1.54, 1.807) is 0 Å². The lowest BCUT2D eigenvalue weighted by Gasteiger charge is -2.09. The molecule has 0 saturated carbocycles. The molecule has 0 aromatic carbocycles. The van der Waals surface area contributed by atoms with Gasteiger partial charge >= 0.3 is 0 Å². The zero-order valence-electron chi connectivity index (χ0n) is 10.6. The zero-order valence-corrected chi connectivity index (χ0v) is 10.6. The van der Waals surface area contributed by atoms with Gasteiger partial charge in [0.1, 0.15) is 11.6 Å². The molecule has 2 aromatic rings. The van der Waals surface area contributed by atoms with Gasteiger partial charge in [0.15, 0.2) is 0 Å². The van der Waals surface area contributed by atoms with Gasteiger partial charge in [0, 0.05) is 31.4 Å². The summed E-state index contributed by atoms with van der Waals surface area (Å²) in [7, 11) is 1.96. The van der Waals surface area contributed by atoms with Crippen molar-refractivity contribution in [3.05, 3.63) is 29.5 Å². The molecule has 2 heterocycles. The second-order valence-corrected chi connectivity index (χ2v) is 4.12. The highest BCUT2D eigenvalue weighted by atomic mass is 15.3. The first-order valence-corrected chi connectivity index (χ1v) is 5.94. The monoisotopic (exact) mass is 233 g/mol. The number of rotatable bonds is 4. The Morgan fingerprint density at radius 3 is 2.82 bits per heavy atom. The molecule has 2 N–H and O–H groups in total. The molecule has 0 aliphatic carbocycles. The topological polar surface area (TPSA) is 61.7 Å². The molecule has 0 spiro atoms. The average molecular weight is 233 g/mol. The fourth-order valence-corrected chi connectivity index (χ4v) is 2.22. The first kappa shape index (κ1) is 11.9. The van der Waals surface area contributed by atoms with Crippen LogP contribution in [0.3, 0.4) is 0 Å². The summed E-state index contributed by atoms with van der Waals surface area (Å²) in [4.78, 5) is 4.35. The van der Waals surface area contributed by atoms with E-state index < -0.39 is 0 Å². The van der Waals surface area contributed by atoms with Gasteiger partial charge in [-0.3, -0.25) is 9.25 Å². The van der Waals surface area contributed by atoms with Crippen molar-refractivity contribution < 1.29 is 0 Å². The summed E-state index contributed by atoms with van der Waals surface area (Å²) >= 11 is 0. The minimum Gasteiger partial charge on any atom is -0.330 e. The first-order valence-electron chi connectivity index (χ1n) is 5.94. The van der Waals surface area contributed by atoms with Crippen LogP contribution in [0.1, 0.15) is 24.0 Å². The van der Waals surface area contributed by atoms with Crippen LogP contribution in [0.5, 0.6) is 0 Å². The van der Waals surface area contributed by atoms with Gasteiger partial charge in [-0.1, -0.05) is 6.92 Å². The Labute approximate surface area is 101 Å². The molecule has 0 saturated heterocycles. The van der Waals surface area contributed by atoms with Crippen molar-refractivity contribution >= 4 is 0 Å². The van der Waals surface area contributed by atoms with Gasteiger partial charge in [0.25, 0.3) is 0 Å². The summed E-state index contributed by atoms with van der Waals surface area (Å²) in [6.45, 7) is 4.76. The van der Waals surface area contributed by atoms with E-state index in [0.717, 1.165) is 30.2 Å². The maximum atomic E-state index is 5.67. The number of imidazole rings is 1. The molecule has 0 fully saturated rings. The molecule has 0 aliphatic rings. The van der Waals surface area contributed by atoms with E-state index in [0.29, 0.717) is 6.54 Å². The van der Waals surface area contributed by atoms with Crippen molar-refractivity contribution in [3.63, 3.8) is 0 Å². The zero-order chi connectivity index (χ0) is 12.4. The first-order chi connectivity index (χ1) is 8.19. The second-order valence-electron chi connectivity index (χ2n) is 4.12. The van der Waals surface area contributed by atoms with Crippen molar-refractivity contribution in [2.75, 3.05) is 6.54 Å². The van der Waals surface area contributed by atoms with Gasteiger partial charge in [-0.2, -0.15) is 5.10 Å². The number of nitrogens with two attached hydrogens (primary N) is 1. The third-order valence-corrected chi connectivity index (χ3v) is 2.97. The SMILES string of the molecule is CCc1nccn1-c1c(CCN)c(C)nn1C. The molecule has 0 aliphatic heterocycles. The number of hydrogen-bond donors (Lipinski definition) is 1. The van der Waals surface area contributed by atoms with Gasteiger partial charge in [-0.25, -0.2) is 4.98 Å². The molecule has 5 heteroatoms. The Bertz CT molecular complexity index is 509. The van der Waals surface area contributed by atoms with Crippen LogP contribution in [0, 0.1) is 6.92 Å². The van der Waals surface area contributed by atoms with Crippen molar-refractivity contribution in [1.29, 1.82) is 0 Å². The molecular weight excluding hydrogens is 214 g/mol. The average Bonchev–Trinajstić information content (AvgIpc) is 2.85. The van der Waals surface area contributed by atoms with E-state index in [-0.39, 0.29) is 0 Å². The van der Waals surface area contributed by atoms with Crippen LogP contribution in [0.15, 0.2) is 12.4 Å². The quantitative estimate of drug-likeness (QED) is 0.856. The van der Waals surface area contributed by atoms with Gasteiger partial charge < -0.3 is 5.73 Å². The normalized spacial score (nSPS) is 11.1. The minimum atomic E-state index is 0.635. The minimum absolute atomic E-state index is 0.635. The molecule has 0 atom stereocenters. The van der Waals surface area contributed by atoms with E-state index in [9.17, 15) is 0 Å². The largest absolute Gasteiger partial charge is 0.330 e. The lowest BCUT2D eigenvalue weighted by molar-refractivity contribution is 0.706. The van der Waals surface area contributed by atoms with E-state index in [4.69, 9.17) is 5.73 Å². The van der Waals surface area contributed by atoms with Crippen molar-refractivity contribution in [1.82, 2.24) is 19.3 Å². The fourth-order valence-electron chi connectivity index (χ4n) is 2.22. The highest BCUT2D eigenvalue weighted by Gasteiger charge is 2.15. The maximum Gasteiger partial charge on any atom is 0.139 e. The predicted octanol–water partition coefficient (Wildman–Crippen LogP) is 0.978. The fraction of sp³-hybridized carbons (Fsp3) is 0.500. The van der Waals surface area contributed by atoms with Crippen LogP contribution in [-0.2, 0) is 19.9 Å². The Morgan fingerprint density at radius 1 is 1.41 bits per heavy atom. The molecule has 2 rings (SSSR count). The maximum absolute atomic E-state index is 5.67. The van der Waals surface area contributed by atoms with Gasteiger partial charge in [0.05, 0.1) is 5.69 Å². The summed E-state index contributed by atoms with van der Waals surface area (Å²) < 4.78 is 4.01. The Hall–Kier alpha value is -1.62. The van der Waals surface area contributed by atoms with Gasteiger partial charge in [0.2, 0.25) is 0 Å². The molecule has 17 heavy (non-hydrogen) atoms. The van der Waals surface area contributed by atoms with Crippen LogP contribution in [0.4, 0.5) is 0 Å². The molecule has 2 aromatic heterocycles. The Morgan fingerprint density at radius 2 is 2.18 bits per heavy atom. The highest BCUT2D eigenvalue weighted by Crippen LogP contribution is 2.19. The molecule has 0 bridgehead atoms. The van der Waals surface area contributed by atoms with Crippen LogP contribution in [0.25, 0.3) is 5.82 Å². The number of aryl methyl sites for hydroxylation is 3.